The Bertz CT molecular complexity index is 585. The van der Waals surface area contributed by atoms with E-state index in [9.17, 15) is 9.59 Å². The molecule has 0 N–H and O–H groups in total. The van der Waals surface area contributed by atoms with Gasteiger partial charge in [0, 0.05) is 13.1 Å². The summed E-state index contributed by atoms with van der Waals surface area (Å²) in [6.07, 6.45) is 1.32. The van der Waals surface area contributed by atoms with Crippen molar-refractivity contribution in [3.05, 3.63) is 35.9 Å². The normalized spacial score (nSPS) is 17.4. The highest BCUT2D eigenvalue weighted by atomic mass is 16.6. The Morgan fingerprint density at radius 2 is 1.68 bits per heavy atom. The first-order chi connectivity index (χ1) is 11.7. The minimum absolute atomic E-state index is 0.0961. The van der Waals surface area contributed by atoms with Crippen LogP contribution in [0.15, 0.2) is 30.3 Å². The molecule has 0 spiro atoms. The third-order valence-corrected chi connectivity index (χ3v) is 4.41. The van der Waals surface area contributed by atoms with Crippen LogP contribution in [-0.4, -0.2) is 54.5 Å². The van der Waals surface area contributed by atoms with E-state index in [1.807, 2.05) is 75.0 Å². The number of carbonyl (C=O) groups is 2. The minimum Gasteiger partial charge on any atom is -0.460 e. The van der Waals surface area contributed by atoms with E-state index in [1.165, 1.54) is 0 Å². The van der Waals surface area contributed by atoms with Crippen molar-refractivity contribution in [3.63, 3.8) is 0 Å². The zero-order valence-corrected chi connectivity index (χ0v) is 16.0. The van der Waals surface area contributed by atoms with E-state index in [0.717, 1.165) is 5.56 Å². The van der Waals surface area contributed by atoms with E-state index < -0.39 is 5.60 Å². The second-order valence-electron chi connectivity index (χ2n) is 7.91. The first-order valence-corrected chi connectivity index (χ1v) is 8.92. The molecule has 1 aliphatic heterocycles. The van der Waals surface area contributed by atoms with Crippen LogP contribution in [0.25, 0.3) is 0 Å². The maximum atomic E-state index is 13.0. The monoisotopic (exact) mass is 346 g/mol. The molecular formula is C20H30N2O3. The van der Waals surface area contributed by atoms with Crippen molar-refractivity contribution in [2.24, 2.45) is 5.92 Å². The largest absolute Gasteiger partial charge is 0.460 e. The van der Waals surface area contributed by atoms with E-state index in [-0.39, 0.29) is 23.8 Å². The third kappa shape index (κ3) is 5.30. The lowest BCUT2D eigenvalue weighted by Crippen LogP contribution is -2.46. The van der Waals surface area contributed by atoms with Crippen molar-refractivity contribution in [3.8, 4) is 0 Å². The van der Waals surface area contributed by atoms with Crippen LogP contribution >= 0.6 is 0 Å². The van der Waals surface area contributed by atoms with Crippen LogP contribution in [0.2, 0.25) is 0 Å². The summed E-state index contributed by atoms with van der Waals surface area (Å²) in [4.78, 5) is 29.0. The van der Waals surface area contributed by atoms with Crippen LogP contribution in [0.5, 0.6) is 0 Å². The summed E-state index contributed by atoms with van der Waals surface area (Å²) < 4.78 is 5.48. The highest BCUT2D eigenvalue weighted by molar-refractivity contribution is 5.83. The van der Waals surface area contributed by atoms with Gasteiger partial charge in [-0.15, -0.1) is 0 Å². The molecule has 0 aliphatic carbocycles. The molecule has 1 amide bonds. The summed E-state index contributed by atoms with van der Waals surface area (Å²) in [5.41, 5.74) is 0.527. The van der Waals surface area contributed by atoms with Gasteiger partial charge in [0.2, 0.25) is 5.91 Å². The van der Waals surface area contributed by atoms with Crippen LogP contribution in [-0.2, 0) is 14.3 Å². The lowest BCUT2D eigenvalue weighted by atomic mass is 9.95. The molecule has 1 aromatic carbocycles. The number of hydrogen-bond acceptors (Lipinski definition) is 4. The Kier molecular flexibility index (Phi) is 6.22. The Morgan fingerprint density at radius 3 is 2.16 bits per heavy atom. The van der Waals surface area contributed by atoms with E-state index >= 15 is 0 Å². The van der Waals surface area contributed by atoms with Crippen LogP contribution in [0.1, 0.15) is 45.2 Å². The lowest BCUT2D eigenvalue weighted by Gasteiger charge is -2.36. The topological polar surface area (TPSA) is 49.9 Å². The van der Waals surface area contributed by atoms with Crippen molar-refractivity contribution >= 4 is 11.9 Å². The zero-order chi connectivity index (χ0) is 18.6. The van der Waals surface area contributed by atoms with Crippen molar-refractivity contribution in [2.45, 2.75) is 45.3 Å². The SMILES string of the molecule is CN(C)[C@H](C(=O)N1CCC(C(=O)OC(C)(C)C)CC1)c1ccccc1. The number of rotatable bonds is 4. The molecule has 0 unspecified atom stereocenters. The molecule has 5 nitrogen and oxygen atoms in total. The minimum atomic E-state index is -0.465. The predicted molar refractivity (Wildman–Crippen MR) is 98.0 cm³/mol. The van der Waals surface area contributed by atoms with Crippen LogP contribution in [0.3, 0.4) is 0 Å². The Morgan fingerprint density at radius 1 is 1.12 bits per heavy atom. The summed E-state index contributed by atoms with van der Waals surface area (Å²) >= 11 is 0. The molecule has 0 radical (unpaired) electrons. The van der Waals surface area contributed by atoms with Gasteiger partial charge in [-0.1, -0.05) is 30.3 Å². The van der Waals surface area contributed by atoms with Gasteiger partial charge in [0.05, 0.1) is 5.92 Å². The quantitative estimate of drug-likeness (QED) is 0.787. The van der Waals surface area contributed by atoms with Gasteiger partial charge in [-0.25, -0.2) is 0 Å². The molecule has 1 fully saturated rings. The second-order valence-corrected chi connectivity index (χ2v) is 7.91. The first kappa shape index (κ1) is 19.4. The highest BCUT2D eigenvalue weighted by Gasteiger charge is 2.34. The molecule has 5 heteroatoms. The molecule has 25 heavy (non-hydrogen) atoms. The average molecular weight is 346 g/mol. The summed E-state index contributed by atoms with van der Waals surface area (Å²) in [7, 11) is 3.84. The molecule has 2 rings (SSSR count). The lowest BCUT2D eigenvalue weighted by molar-refractivity contribution is -0.162. The van der Waals surface area contributed by atoms with Gasteiger partial charge in [0.15, 0.2) is 0 Å². The second kappa shape index (κ2) is 8.00. The van der Waals surface area contributed by atoms with Gasteiger partial charge in [0.1, 0.15) is 11.6 Å². The molecule has 0 aromatic heterocycles. The number of likely N-dealkylation sites (N-methyl/N-ethyl adjacent to an activating group) is 1. The predicted octanol–water partition coefficient (Wildman–Crippen LogP) is 2.87. The number of likely N-dealkylation sites (tertiary alicyclic amines) is 1. The zero-order valence-electron chi connectivity index (χ0n) is 16.0. The number of amides is 1. The summed E-state index contributed by atoms with van der Waals surface area (Å²) in [5.74, 6) is -0.163. The maximum absolute atomic E-state index is 13.0. The number of esters is 1. The van der Waals surface area contributed by atoms with E-state index in [4.69, 9.17) is 4.74 Å². The van der Waals surface area contributed by atoms with Gasteiger partial charge >= 0.3 is 5.97 Å². The average Bonchev–Trinajstić information content (AvgIpc) is 2.54. The molecule has 0 saturated carbocycles. The molecule has 1 saturated heterocycles. The fraction of sp³-hybridized carbons (Fsp3) is 0.600. The number of carbonyl (C=O) groups excluding carboxylic acids is 2. The summed E-state index contributed by atoms with van der Waals surface area (Å²) in [5, 5.41) is 0. The van der Waals surface area contributed by atoms with E-state index in [1.54, 1.807) is 0 Å². The van der Waals surface area contributed by atoms with Crippen molar-refractivity contribution in [1.29, 1.82) is 0 Å². The fourth-order valence-corrected chi connectivity index (χ4v) is 3.19. The van der Waals surface area contributed by atoms with Gasteiger partial charge in [-0.3, -0.25) is 14.5 Å². The standard InChI is InChI=1S/C20H30N2O3/c1-20(2,3)25-19(24)16-11-13-22(14-12-16)18(23)17(21(4)5)15-9-7-6-8-10-15/h6-10,16-17H,11-14H2,1-5H3/t17-/m0/s1. The van der Waals surface area contributed by atoms with Gasteiger partial charge in [-0.05, 0) is 53.3 Å². The van der Waals surface area contributed by atoms with Gasteiger partial charge in [0.25, 0.3) is 0 Å². The number of piperidine rings is 1. The fourth-order valence-electron chi connectivity index (χ4n) is 3.19. The van der Waals surface area contributed by atoms with E-state index in [0.29, 0.717) is 25.9 Å². The third-order valence-electron chi connectivity index (χ3n) is 4.41. The number of ether oxygens (including phenoxy) is 1. The number of nitrogens with zero attached hydrogens (tertiary/aromatic N) is 2. The Balaban J connectivity index is 1.99. The van der Waals surface area contributed by atoms with Crippen LogP contribution < -0.4 is 0 Å². The number of benzene rings is 1. The molecular weight excluding hydrogens is 316 g/mol. The van der Waals surface area contributed by atoms with Crippen LogP contribution in [0, 0.1) is 5.92 Å². The van der Waals surface area contributed by atoms with Crippen molar-refractivity contribution < 1.29 is 14.3 Å². The molecule has 1 heterocycles. The van der Waals surface area contributed by atoms with Crippen molar-refractivity contribution in [2.75, 3.05) is 27.2 Å². The Hall–Kier alpha value is -1.88. The van der Waals surface area contributed by atoms with E-state index in [2.05, 4.69) is 0 Å². The Labute approximate surface area is 150 Å². The molecule has 138 valence electrons. The molecule has 1 aliphatic rings. The van der Waals surface area contributed by atoms with Gasteiger partial charge in [-0.2, -0.15) is 0 Å². The molecule has 1 atom stereocenters. The van der Waals surface area contributed by atoms with Gasteiger partial charge < -0.3 is 9.64 Å². The molecule has 0 bridgehead atoms. The first-order valence-electron chi connectivity index (χ1n) is 8.92. The molecule has 1 aromatic rings. The number of hydrogen-bond donors (Lipinski definition) is 0. The summed E-state index contributed by atoms with van der Waals surface area (Å²) in [6.45, 7) is 6.83. The van der Waals surface area contributed by atoms with Crippen LogP contribution in [0.4, 0.5) is 0 Å². The highest BCUT2D eigenvalue weighted by Crippen LogP contribution is 2.26. The maximum Gasteiger partial charge on any atom is 0.309 e. The summed E-state index contributed by atoms with van der Waals surface area (Å²) in [6, 6.07) is 9.53. The smallest absolute Gasteiger partial charge is 0.309 e. The van der Waals surface area contributed by atoms with Crippen molar-refractivity contribution in [1.82, 2.24) is 9.80 Å².